The van der Waals surface area contributed by atoms with Crippen LogP contribution < -0.4 is 0 Å². The van der Waals surface area contributed by atoms with Crippen molar-refractivity contribution < 1.29 is 37.3 Å². The molecule has 0 bridgehead atoms. The Morgan fingerprint density at radius 1 is 0.508 bits per heavy atom. The first-order valence-corrected chi connectivity index (χ1v) is 24.8. The number of likely N-dealkylation sites (N-methyl/N-ethyl adjacent to an activating group) is 1. The number of nitrogens with zero attached hydrogens (tertiary/aromatic N) is 1. The highest BCUT2D eigenvalue weighted by Crippen LogP contribution is 2.43. The van der Waals surface area contributed by atoms with E-state index in [0.29, 0.717) is 17.6 Å². The molecule has 2 unspecified atom stereocenters. The summed E-state index contributed by atoms with van der Waals surface area (Å²) in [6, 6.07) is 0. The molecule has 0 rings (SSSR count). The molecule has 2 atom stereocenters. The van der Waals surface area contributed by atoms with Crippen LogP contribution >= 0.6 is 7.82 Å². The Bertz CT molecular complexity index is 1380. The number of phosphoric ester groups is 1. The third-order valence-corrected chi connectivity index (χ3v) is 10.0. The summed E-state index contributed by atoms with van der Waals surface area (Å²) in [5.74, 6) is -0.353. The van der Waals surface area contributed by atoms with Crippen LogP contribution in [-0.2, 0) is 27.9 Å². The second-order valence-electron chi connectivity index (χ2n) is 16.0. The largest absolute Gasteiger partial charge is 0.472 e. The van der Waals surface area contributed by atoms with Crippen molar-refractivity contribution in [3.63, 3.8) is 0 Å². The minimum atomic E-state index is -4.31. The van der Waals surface area contributed by atoms with Gasteiger partial charge in [-0.15, -0.1) is 0 Å². The van der Waals surface area contributed by atoms with Crippen molar-refractivity contribution in [1.29, 1.82) is 0 Å². The third kappa shape index (κ3) is 47.8. The van der Waals surface area contributed by atoms with E-state index in [2.05, 4.69) is 135 Å². The quantitative estimate of drug-likeness (QED) is 0.0215. The number of esters is 1. The van der Waals surface area contributed by atoms with Crippen molar-refractivity contribution in [3.8, 4) is 0 Å². The van der Waals surface area contributed by atoms with E-state index in [1.807, 2.05) is 21.1 Å². The molecular weight excluding hydrogens is 782 g/mol. The number of carbonyl (C=O) groups excluding carboxylic acids is 1. The summed E-state index contributed by atoms with van der Waals surface area (Å²) in [6.45, 7) is 5.17. The lowest BCUT2D eigenvalue weighted by Gasteiger charge is -2.24. The lowest BCUT2D eigenvalue weighted by molar-refractivity contribution is -0.870. The summed E-state index contributed by atoms with van der Waals surface area (Å²) < 4.78 is 35.0. The van der Waals surface area contributed by atoms with Crippen LogP contribution in [0, 0.1) is 0 Å². The molecule has 0 heterocycles. The molecule has 0 aliphatic rings. The number of allylic oxidation sites excluding steroid dienone is 20. The molecule has 0 aromatic heterocycles. The Morgan fingerprint density at radius 2 is 0.902 bits per heavy atom. The number of rotatable bonds is 41. The molecule has 0 aliphatic carbocycles. The topological polar surface area (TPSA) is 91.3 Å². The SMILES string of the molecule is CC/C=C\C/C=C\C/C=C\C/C=C\C/C=C\C/C=C\CCCOCC(COP(=O)(O)OCC[N+](C)(C)C)OC(=O)CCCCCCCC/C=C\C/C=C\C/C=C\C/C=C\CC. The standard InChI is InChI=1S/C52H86NO7P/c1-6-8-10-12-14-16-18-20-22-24-26-28-30-32-34-36-38-40-42-44-47-57-49-51(50-59-61(55,56)58-48-46-53(3,4)5)60-52(54)45-43-41-39-37-35-33-31-29-27-25-23-21-19-17-15-13-11-9-7-2/h8-11,14-17,20-23,26-29,32,34,38,40,51H,6-7,12-13,18-19,24-25,30-31,33,35-37,39,41-50H2,1-5H3/p+1/b10-8-,11-9-,16-14-,17-15-,22-20-,23-21-,28-26-,29-27-,34-32-,40-38-. The maximum Gasteiger partial charge on any atom is 0.472 e. The lowest BCUT2D eigenvalue weighted by atomic mass is 10.1. The van der Waals surface area contributed by atoms with E-state index >= 15 is 0 Å². The molecule has 61 heavy (non-hydrogen) atoms. The number of ether oxygens (including phenoxy) is 2. The van der Waals surface area contributed by atoms with Crippen molar-refractivity contribution in [2.75, 3.05) is 54.1 Å². The average Bonchev–Trinajstić information content (AvgIpc) is 3.22. The fourth-order valence-corrected chi connectivity index (χ4v) is 6.24. The molecule has 9 heteroatoms. The van der Waals surface area contributed by atoms with E-state index in [-0.39, 0.29) is 32.2 Å². The molecule has 0 fully saturated rings. The van der Waals surface area contributed by atoms with E-state index in [0.717, 1.165) is 109 Å². The summed E-state index contributed by atoms with van der Waals surface area (Å²) in [5, 5.41) is 0. The number of quaternary nitrogens is 1. The van der Waals surface area contributed by atoms with Gasteiger partial charge in [-0.25, -0.2) is 4.57 Å². The van der Waals surface area contributed by atoms with E-state index in [1.165, 1.54) is 12.8 Å². The van der Waals surface area contributed by atoms with Crippen LogP contribution in [0.15, 0.2) is 122 Å². The molecule has 0 saturated heterocycles. The Balaban J connectivity index is 4.38. The molecule has 0 aliphatic heterocycles. The van der Waals surface area contributed by atoms with E-state index in [9.17, 15) is 14.3 Å². The smallest absolute Gasteiger partial charge is 0.457 e. The molecule has 346 valence electrons. The normalized spacial score (nSPS) is 14.8. The van der Waals surface area contributed by atoms with Gasteiger partial charge in [-0.3, -0.25) is 13.8 Å². The highest BCUT2D eigenvalue weighted by Gasteiger charge is 2.26. The highest BCUT2D eigenvalue weighted by atomic mass is 31.2. The van der Waals surface area contributed by atoms with Gasteiger partial charge in [0.05, 0.1) is 34.4 Å². The lowest BCUT2D eigenvalue weighted by Crippen LogP contribution is -2.37. The van der Waals surface area contributed by atoms with Gasteiger partial charge in [0.2, 0.25) is 0 Å². The van der Waals surface area contributed by atoms with Crippen LogP contribution in [0.2, 0.25) is 0 Å². The summed E-state index contributed by atoms with van der Waals surface area (Å²) >= 11 is 0. The van der Waals surface area contributed by atoms with E-state index in [1.54, 1.807) is 0 Å². The minimum Gasteiger partial charge on any atom is -0.457 e. The van der Waals surface area contributed by atoms with Crippen molar-refractivity contribution >= 4 is 13.8 Å². The first kappa shape index (κ1) is 57.9. The van der Waals surface area contributed by atoms with Crippen LogP contribution in [0.1, 0.15) is 142 Å². The van der Waals surface area contributed by atoms with Crippen LogP contribution in [0.5, 0.6) is 0 Å². The van der Waals surface area contributed by atoms with Crippen LogP contribution in [0.3, 0.4) is 0 Å². The maximum atomic E-state index is 12.7. The van der Waals surface area contributed by atoms with Gasteiger partial charge in [0.25, 0.3) is 0 Å². The average molecular weight is 869 g/mol. The molecule has 0 aromatic carbocycles. The van der Waals surface area contributed by atoms with Gasteiger partial charge in [0, 0.05) is 13.0 Å². The molecule has 0 radical (unpaired) electrons. The Labute approximate surface area is 373 Å². The van der Waals surface area contributed by atoms with Gasteiger partial charge in [-0.1, -0.05) is 161 Å². The zero-order valence-corrected chi connectivity index (χ0v) is 40.0. The first-order valence-electron chi connectivity index (χ1n) is 23.3. The summed E-state index contributed by atoms with van der Waals surface area (Å²) in [6.07, 6.45) is 62.5. The van der Waals surface area contributed by atoms with Crippen LogP contribution in [0.4, 0.5) is 0 Å². The molecule has 0 spiro atoms. The fraction of sp³-hybridized carbons (Fsp3) is 0.596. The van der Waals surface area contributed by atoms with Crippen LogP contribution in [-0.4, -0.2) is 75.6 Å². The van der Waals surface area contributed by atoms with Crippen LogP contribution in [0.25, 0.3) is 0 Å². The first-order chi connectivity index (χ1) is 29.6. The number of hydrogen-bond acceptors (Lipinski definition) is 6. The zero-order valence-electron chi connectivity index (χ0n) is 39.1. The Hall–Kier alpha value is -3.10. The van der Waals surface area contributed by atoms with Gasteiger partial charge in [0.1, 0.15) is 19.3 Å². The van der Waals surface area contributed by atoms with Gasteiger partial charge in [0.15, 0.2) is 0 Å². The molecule has 8 nitrogen and oxygen atoms in total. The van der Waals surface area contributed by atoms with E-state index < -0.39 is 13.9 Å². The van der Waals surface area contributed by atoms with Crippen molar-refractivity contribution in [2.24, 2.45) is 0 Å². The van der Waals surface area contributed by atoms with Crippen molar-refractivity contribution in [1.82, 2.24) is 0 Å². The highest BCUT2D eigenvalue weighted by molar-refractivity contribution is 7.47. The second-order valence-corrected chi connectivity index (χ2v) is 17.5. The fourth-order valence-electron chi connectivity index (χ4n) is 5.50. The summed E-state index contributed by atoms with van der Waals surface area (Å²) in [4.78, 5) is 22.9. The number of hydrogen-bond donors (Lipinski definition) is 1. The molecule has 0 aromatic rings. The second kappa shape index (κ2) is 43.5. The van der Waals surface area contributed by atoms with Gasteiger partial charge in [-0.05, 0) is 96.3 Å². The predicted molar refractivity (Wildman–Crippen MR) is 260 cm³/mol. The molecular formula is C52H87NO7P+. The Morgan fingerprint density at radius 3 is 1.34 bits per heavy atom. The molecule has 1 N–H and O–H groups in total. The van der Waals surface area contributed by atoms with E-state index in [4.69, 9.17) is 18.5 Å². The van der Waals surface area contributed by atoms with Crippen molar-refractivity contribution in [2.45, 2.75) is 148 Å². The predicted octanol–water partition coefficient (Wildman–Crippen LogP) is 14.2. The summed E-state index contributed by atoms with van der Waals surface area (Å²) in [7, 11) is 1.60. The minimum absolute atomic E-state index is 0.0667. The summed E-state index contributed by atoms with van der Waals surface area (Å²) in [5.41, 5.74) is 0. The molecule has 0 saturated carbocycles. The number of carbonyl (C=O) groups is 1. The zero-order chi connectivity index (χ0) is 44.8. The molecule has 0 amide bonds. The maximum absolute atomic E-state index is 12.7. The van der Waals surface area contributed by atoms with Gasteiger partial charge < -0.3 is 18.9 Å². The Kier molecular flexibility index (Phi) is 41.3. The number of unbranched alkanes of at least 4 members (excludes halogenated alkanes) is 7. The number of phosphoric acid groups is 1. The monoisotopic (exact) mass is 869 g/mol. The van der Waals surface area contributed by atoms with Gasteiger partial charge in [-0.2, -0.15) is 0 Å². The van der Waals surface area contributed by atoms with Gasteiger partial charge >= 0.3 is 13.8 Å². The third-order valence-electron chi connectivity index (χ3n) is 9.02. The van der Waals surface area contributed by atoms with Crippen molar-refractivity contribution in [3.05, 3.63) is 122 Å².